The van der Waals surface area contributed by atoms with Gasteiger partial charge in [0.1, 0.15) is 0 Å². The Morgan fingerprint density at radius 2 is 2.12 bits per heavy atom. The Kier molecular flexibility index (Phi) is 2.73. The van der Waals surface area contributed by atoms with Crippen molar-refractivity contribution in [2.24, 2.45) is 5.10 Å². The summed E-state index contributed by atoms with van der Waals surface area (Å²) in [6, 6.07) is 5.87. The number of rotatable bonds is 3. The van der Waals surface area contributed by atoms with Gasteiger partial charge >= 0.3 is 0 Å². The summed E-state index contributed by atoms with van der Waals surface area (Å²) in [5, 5.41) is 24.5. The second-order valence-corrected chi connectivity index (χ2v) is 3.02. The topological polar surface area (TPSA) is 125 Å². The van der Waals surface area contributed by atoms with Crippen LogP contribution in [-0.4, -0.2) is 31.5 Å². The average Bonchev–Trinajstić information content (AvgIpc) is 2.73. The van der Waals surface area contributed by atoms with Crippen molar-refractivity contribution in [3.8, 4) is 0 Å². The summed E-state index contributed by atoms with van der Waals surface area (Å²) in [6.45, 7) is 0. The number of non-ortho nitro benzene ring substituents is 1. The SMILES string of the molecule is Nc1nnnn1/N=C\c1ccc([N+](=O)[O-])cc1. The highest BCUT2D eigenvalue weighted by molar-refractivity contribution is 5.79. The standard InChI is InChI=1S/C8H7N7O2/c9-8-11-12-13-14(8)10-5-6-1-3-7(4-2-6)15(16)17/h1-5H,(H2,9,11,13)/b10-5-. The van der Waals surface area contributed by atoms with Crippen molar-refractivity contribution in [3.05, 3.63) is 39.9 Å². The van der Waals surface area contributed by atoms with Gasteiger partial charge in [0.15, 0.2) is 0 Å². The van der Waals surface area contributed by atoms with E-state index in [1.54, 1.807) is 12.1 Å². The zero-order valence-electron chi connectivity index (χ0n) is 8.46. The van der Waals surface area contributed by atoms with E-state index >= 15 is 0 Å². The summed E-state index contributed by atoms with van der Waals surface area (Å²) in [5.41, 5.74) is 6.08. The second kappa shape index (κ2) is 4.35. The van der Waals surface area contributed by atoms with Crippen molar-refractivity contribution in [1.82, 2.24) is 20.3 Å². The number of nitro groups is 1. The largest absolute Gasteiger partial charge is 0.365 e. The molecule has 2 rings (SSSR count). The Hall–Kier alpha value is -2.84. The second-order valence-electron chi connectivity index (χ2n) is 3.02. The van der Waals surface area contributed by atoms with E-state index in [1.807, 2.05) is 0 Å². The lowest BCUT2D eigenvalue weighted by molar-refractivity contribution is -0.384. The first kappa shape index (κ1) is 10.7. The van der Waals surface area contributed by atoms with Crippen LogP contribution >= 0.6 is 0 Å². The molecule has 86 valence electrons. The molecule has 0 amide bonds. The third-order valence-corrected chi connectivity index (χ3v) is 1.90. The van der Waals surface area contributed by atoms with Crippen LogP contribution in [0.3, 0.4) is 0 Å². The molecule has 0 radical (unpaired) electrons. The molecule has 1 heterocycles. The summed E-state index contributed by atoms with van der Waals surface area (Å²) in [6.07, 6.45) is 1.44. The Balaban J connectivity index is 2.17. The van der Waals surface area contributed by atoms with Crippen molar-refractivity contribution >= 4 is 17.9 Å². The molecule has 9 heteroatoms. The lowest BCUT2D eigenvalue weighted by Gasteiger charge is -1.93. The Morgan fingerprint density at radius 1 is 1.41 bits per heavy atom. The molecule has 0 aliphatic heterocycles. The van der Waals surface area contributed by atoms with Crippen molar-refractivity contribution in [1.29, 1.82) is 0 Å². The van der Waals surface area contributed by atoms with Crippen LogP contribution in [0, 0.1) is 10.1 Å². The first-order valence-electron chi connectivity index (χ1n) is 4.49. The molecule has 2 N–H and O–H groups in total. The van der Waals surface area contributed by atoms with Crippen LogP contribution in [0.1, 0.15) is 5.56 Å². The van der Waals surface area contributed by atoms with E-state index in [1.165, 1.54) is 18.3 Å². The maximum absolute atomic E-state index is 10.4. The fourth-order valence-corrected chi connectivity index (χ4v) is 1.08. The molecule has 1 aromatic heterocycles. The van der Waals surface area contributed by atoms with Crippen molar-refractivity contribution < 1.29 is 4.92 Å². The highest BCUT2D eigenvalue weighted by Crippen LogP contribution is 2.10. The van der Waals surface area contributed by atoms with Crippen LogP contribution in [0.25, 0.3) is 0 Å². The lowest BCUT2D eigenvalue weighted by Crippen LogP contribution is -1.99. The monoisotopic (exact) mass is 233 g/mol. The molecule has 2 aromatic rings. The van der Waals surface area contributed by atoms with E-state index in [2.05, 4.69) is 20.6 Å². The van der Waals surface area contributed by atoms with E-state index in [-0.39, 0.29) is 11.6 Å². The summed E-state index contributed by atoms with van der Waals surface area (Å²) in [7, 11) is 0. The number of nitrogens with two attached hydrogens (primary N) is 1. The number of benzene rings is 1. The van der Waals surface area contributed by atoms with Gasteiger partial charge in [0.25, 0.3) is 11.6 Å². The molecule has 9 nitrogen and oxygen atoms in total. The van der Waals surface area contributed by atoms with Gasteiger partial charge in [-0.15, -0.1) is 0 Å². The van der Waals surface area contributed by atoms with Crippen LogP contribution in [0.4, 0.5) is 11.6 Å². The van der Waals surface area contributed by atoms with Crippen LogP contribution in [0.2, 0.25) is 0 Å². The minimum Gasteiger partial charge on any atom is -0.365 e. The molecule has 0 atom stereocenters. The van der Waals surface area contributed by atoms with Gasteiger partial charge in [-0.05, 0) is 28.1 Å². The van der Waals surface area contributed by atoms with E-state index in [4.69, 9.17) is 5.73 Å². The zero-order valence-corrected chi connectivity index (χ0v) is 8.46. The van der Waals surface area contributed by atoms with Crippen molar-refractivity contribution in [3.63, 3.8) is 0 Å². The van der Waals surface area contributed by atoms with Gasteiger partial charge in [-0.2, -0.15) is 5.10 Å². The maximum Gasteiger partial charge on any atom is 0.269 e. The molecular formula is C8H7N7O2. The quantitative estimate of drug-likeness (QED) is 0.453. The molecule has 0 spiro atoms. The highest BCUT2D eigenvalue weighted by atomic mass is 16.6. The van der Waals surface area contributed by atoms with Crippen molar-refractivity contribution in [2.45, 2.75) is 0 Å². The Bertz CT molecular complexity index is 560. The van der Waals surface area contributed by atoms with Crippen molar-refractivity contribution in [2.75, 3.05) is 5.73 Å². The molecule has 0 aliphatic carbocycles. The molecule has 1 aromatic carbocycles. The number of nitro benzene ring substituents is 1. The lowest BCUT2D eigenvalue weighted by atomic mass is 10.2. The molecule has 0 saturated carbocycles. The third-order valence-electron chi connectivity index (χ3n) is 1.90. The van der Waals surface area contributed by atoms with Crippen LogP contribution in [0.5, 0.6) is 0 Å². The number of nitrogens with zero attached hydrogens (tertiary/aromatic N) is 6. The van der Waals surface area contributed by atoms with E-state index in [0.717, 1.165) is 4.79 Å². The first-order valence-corrected chi connectivity index (χ1v) is 4.49. The minimum atomic E-state index is -0.472. The van der Waals surface area contributed by atoms with E-state index in [0.29, 0.717) is 5.56 Å². The highest BCUT2D eigenvalue weighted by Gasteiger charge is 2.02. The molecule has 17 heavy (non-hydrogen) atoms. The van der Waals surface area contributed by atoms with E-state index in [9.17, 15) is 10.1 Å². The van der Waals surface area contributed by atoms with Gasteiger partial charge in [0.2, 0.25) is 0 Å². The first-order chi connectivity index (χ1) is 8.16. The predicted octanol–water partition coefficient (Wildman–Crippen LogP) is 0.0457. The maximum atomic E-state index is 10.4. The summed E-state index contributed by atoms with van der Waals surface area (Å²) in [4.78, 5) is 11.0. The van der Waals surface area contributed by atoms with Gasteiger partial charge in [-0.1, -0.05) is 9.89 Å². The van der Waals surface area contributed by atoms with Crippen LogP contribution in [0.15, 0.2) is 29.4 Å². The number of aromatic nitrogens is 4. The molecular weight excluding hydrogens is 226 g/mol. The Morgan fingerprint density at radius 3 is 2.65 bits per heavy atom. The van der Waals surface area contributed by atoms with Gasteiger partial charge in [0, 0.05) is 12.1 Å². The molecule has 0 bridgehead atoms. The summed E-state index contributed by atoms with van der Waals surface area (Å²) in [5.74, 6) is 0.0585. The smallest absolute Gasteiger partial charge is 0.269 e. The fraction of sp³-hybridized carbons (Fsp3) is 0. The van der Waals surface area contributed by atoms with Gasteiger partial charge in [-0.25, -0.2) is 0 Å². The predicted molar refractivity (Wildman–Crippen MR) is 58.3 cm³/mol. The third kappa shape index (κ3) is 2.40. The number of tetrazole rings is 1. The number of nitrogen functional groups attached to an aromatic ring is 1. The number of anilines is 1. The number of hydrogen-bond acceptors (Lipinski definition) is 7. The summed E-state index contributed by atoms with van der Waals surface area (Å²) >= 11 is 0. The minimum absolute atomic E-state index is 0.0177. The van der Waals surface area contributed by atoms with Gasteiger partial charge < -0.3 is 5.73 Å². The van der Waals surface area contributed by atoms with Gasteiger partial charge in [-0.3, -0.25) is 10.1 Å². The Labute approximate surface area is 94.7 Å². The fourth-order valence-electron chi connectivity index (χ4n) is 1.08. The molecule has 0 unspecified atom stereocenters. The average molecular weight is 233 g/mol. The summed E-state index contributed by atoms with van der Waals surface area (Å²) < 4.78 is 0. The van der Waals surface area contributed by atoms with Crippen LogP contribution < -0.4 is 5.73 Å². The number of hydrogen-bond donors (Lipinski definition) is 1. The normalized spacial score (nSPS) is 10.8. The molecule has 0 saturated heterocycles. The molecule has 0 aliphatic rings. The van der Waals surface area contributed by atoms with Crippen LogP contribution in [-0.2, 0) is 0 Å². The zero-order chi connectivity index (χ0) is 12.3. The molecule has 0 fully saturated rings. The van der Waals surface area contributed by atoms with E-state index < -0.39 is 4.92 Å². The van der Waals surface area contributed by atoms with Gasteiger partial charge in [0.05, 0.1) is 11.1 Å².